The fourth-order valence-corrected chi connectivity index (χ4v) is 1.88. The Kier molecular flexibility index (Phi) is 6.17. The van der Waals surface area contributed by atoms with Gasteiger partial charge in [-0.1, -0.05) is 17.7 Å². The van der Waals surface area contributed by atoms with Gasteiger partial charge in [-0.15, -0.1) is 0 Å². The van der Waals surface area contributed by atoms with Gasteiger partial charge in [0, 0.05) is 12.5 Å². The highest BCUT2D eigenvalue weighted by atomic mass is 35.5. The van der Waals surface area contributed by atoms with Crippen molar-refractivity contribution in [2.24, 2.45) is 0 Å². The van der Waals surface area contributed by atoms with E-state index in [9.17, 15) is 4.79 Å². The molecule has 5 heteroatoms. The maximum atomic E-state index is 11.3. The minimum absolute atomic E-state index is 0.0245. The summed E-state index contributed by atoms with van der Waals surface area (Å²) in [6.45, 7) is 4.11. The predicted octanol–water partition coefficient (Wildman–Crippen LogP) is 3.36. The Morgan fingerprint density at radius 2 is 2.32 bits per heavy atom. The summed E-state index contributed by atoms with van der Waals surface area (Å²) in [6.07, 6.45) is 0.962. The van der Waals surface area contributed by atoms with Gasteiger partial charge >= 0.3 is 5.97 Å². The van der Waals surface area contributed by atoms with Crippen LogP contribution < -0.4 is 5.32 Å². The quantitative estimate of drug-likeness (QED) is 0.812. The molecule has 0 aliphatic rings. The smallest absolute Gasteiger partial charge is 0.305 e. The first-order chi connectivity index (χ1) is 9.08. The molecular weight excluding hydrogens is 264 g/mol. The molecule has 4 nitrogen and oxygen atoms in total. The molecule has 1 aromatic carbocycles. The lowest BCUT2D eigenvalue weighted by Gasteiger charge is -2.17. The Morgan fingerprint density at radius 1 is 1.58 bits per heavy atom. The molecule has 1 rings (SSSR count). The number of para-hydroxylation sites is 1. The van der Waals surface area contributed by atoms with Crippen LogP contribution in [0.15, 0.2) is 18.2 Å². The van der Waals surface area contributed by atoms with Crippen LogP contribution in [0.2, 0.25) is 5.02 Å². The zero-order valence-electron chi connectivity index (χ0n) is 11.1. The van der Waals surface area contributed by atoms with Crippen LogP contribution in [0.5, 0.6) is 0 Å². The van der Waals surface area contributed by atoms with Gasteiger partial charge in [-0.2, -0.15) is 5.26 Å². The van der Waals surface area contributed by atoms with Crippen LogP contribution in [-0.4, -0.2) is 18.6 Å². The molecule has 1 N–H and O–H groups in total. The second-order valence-corrected chi connectivity index (χ2v) is 4.57. The Balaban J connectivity index is 2.60. The van der Waals surface area contributed by atoms with Gasteiger partial charge in [0.05, 0.1) is 22.9 Å². The summed E-state index contributed by atoms with van der Waals surface area (Å²) in [4.78, 5) is 11.3. The predicted molar refractivity (Wildman–Crippen MR) is 75.1 cm³/mol. The lowest BCUT2D eigenvalue weighted by atomic mass is 10.1. The summed E-state index contributed by atoms with van der Waals surface area (Å²) in [5.41, 5.74) is 1.11. The summed E-state index contributed by atoms with van der Waals surface area (Å²) in [7, 11) is 0. The summed E-state index contributed by atoms with van der Waals surface area (Å²) in [6, 6.07) is 7.27. The Hall–Kier alpha value is -1.73. The second kappa shape index (κ2) is 7.65. The van der Waals surface area contributed by atoms with Crippen molar-refractivity contribution in [1.29, 1.82) is 5.26 Å². The molecule has 0 aliphatic heterocycles. The highest BCUT2D eigenvalue weighted by molar-refractivity contribution is 6.33. The number of hydrogen-bond donors (Lipinski definition) is 1. The van der Waals surface area contributed by atoms with Gasteiger partial charge in [0.1, 0.15) is 6.07 Å². The van der Waals surface area contributed by atoms with Gasteiger partial charge in [-0.25, -0.2) is 0 Å². The third kappa shape index (κ3) is 4.80. The minimum atomic E-state index is -0.212. The van der Waals surface area contributed by atoms with Crippen LogP contribution in [0.1, 0.15) is 32.3 Å². The van der Waals surface area contributed by atoms with Crippen LogP contribution in [0, 0.1) is 11.3 Å². The summed E-state index contributed by atoms with van der Waals surface area (Å²) in [5.74, 6) is -0.212. The van der Waals surface area contributed by atoms with E-state index in [2.05, 4.69) is 11.4 Å². The molecule has 0 fully saturated rings. The van der Waals surface area contributed by atoms with Crippen molar-refractivity contribution in [3.05, 3.63) is 28.8 Å². The van der Waals surface area contributed by atoms with Crippen LogP contribution in [0.25, 0.3) is 0 Å². The highest BCUT2D eigenvalue weighted by Crippen LogP contribution is 2.26. The average Bonchev–Trinajstić information content (AvgIpc) is 2.39. The highest BCUT2D eigenvalue weighted by Gasteiger charge is 2.11. The van der Waals surface area contributed by atoms with E-state index >= 15 is 0 Å². The SMILES string of the molecule is CCOC(=O)CCC(C)Nc1c(Cl)cccc1C#N. The number of anilines is 1. The molecule has 0 aromatic heterocycles. The molecule has 0 radical (unpaired) electrons. The number of benzene rings is 1. The van der Waals surface area contributed by atoms with Crippen LogP contribution in [0.4, 0.5) is 5.69 Å². The molecule has 1 unspecified atom stereocenters. The first-order valence-electron chi connectivity index (χ1n) is 6.19. The molecule has 1 atom stereocenters. The molecule has 102 valence electrons. The number of nitriles is 1. The molecule has 19 heavy (non-hydrogen) atoms. The normalized spacial score (nSPS) is 11.5. The maximum absolute atomic E-state index is 11.3. The molecule has 1 aromatic rings. The van der Waals surface area contributed by atoms with Crippen LogP contribution in [0.3, 0.4) is 0 Å². The van der Waals surface area contributed by atoms with E-state index in [-0.39, 0.29) is 12.0 Å². The van der Waals surface area contributed by atoms with Gasteiger partial charge in [0.15, 0.2) is 0 Å². The van der Waals surface area contributed by atoms with Gasteiger partial charge in [-0.05, 0) is 32.4 Å². The van der Waals surface area contributed by atoms with E-state index < -0.39 is 0 Å². The lowest BCUT2D eigenvalue weighted by molar-refractivity contribution is -0.143. The number of nitrogens with zero attached hydrogens (tertiary/aromatic N) is 1. The average molecular weight is 281 g/mol. The van der Waals surface area contributed by atoms with Crippen molar-refractivity contribution >= 4 is 23.3 Å². The minimum Gasteiger partial charge on any atom is -0.466 e. The summed E-state index contributed by atoms with van der Waals surface area (Å²) >= 11 is 6.06. The molecule has 0 spiro atoms. The largest absolute Gasteiger partial charge is 0.466 e. The fourth-order valence-electron chi connectivity index (χ4n) is 1.65. The fraction of sp³-hybridized carbons (Fsp3) is 0.429. The number of carbonyl (C=O) groups is 1. The number of halogens is 1. The van der Waals surface area contributed by atoms with E-state index in [1.807, 2.05) is 6.92 Å². The number of nitrogens with one attached hydrogen (secondary N) is 1. The lowest BCUT2D eigenvalue weighted by Crippen LogP contribution is -2.18. The zero-order chi connectivity index (χ0) is 14.3. The summed E-state index contributed by atoms with van der Waals surface area (Å²) in [5, 5.41) is 12.7. The van der Waals surface area contributed by atoms with E-state index in [0.717, 1.165) is 0 Å². The number of hydrogen-bond acceptors (Lipinski definition) is 4. The Bertz CT molecular complexity index is 483. The molecule has 0 amide bonds. The second-order valence-electron chi connectivity index (χ2n) is 4.16. The monoisotopic (exact) mass is 280 g/mol. The van der Waals surface area contributed by atoms with Crippen molar-refractivity contribution < 1.29 is 9.53 Å². The molecule has 0 aliphatic carbocycles. The topological polar surface area (TPSA) is 62.1 Å². The third-order valence-electron chi connectivity index (χ3n) is 2.61. The van der Waals surface area contributed by atoms with Crippen LogP contribution >= 0.6 is 11.6 Å². The molecule has 0 bridgehead atoms. The van der Waals surface area contributed by atoms with Gasteiger partial charge in [-0.3, -0.25) is 4.79 Å². The number of ether oxygens (including phenoxy) is 1. The standard InChI is InChI=1S/C14H17ClN2O2/c1-3-19-13(18)8-7-10(2)17-14-11(9-16)5-4-6-12(14)15/h4-6,10,17H,3,7-8H2,1-2H3. The first-order valence-corrected chi connectivity index (χ1v) is 6.57. The van der Waals surface area contributed by atoms with Gasteiger partial charge in [0.25, 0.3) is 0 Å². The van der Waals surface area contributed by atoms with Crippen molar-refractivity contribution in [3.63, 3.8) is 0 Å². The Labute approximate surface area is 118 Å². The van der Waals surface area contributed by atoms with Crippen molar-refractivity contribution in [3.8, 4) is 6.07 Å². The van der Waals surface area contributed by atoms with E-state index in [0.29, 0.717) is 35.7 Å². The Morgan fingerprint density at radius 3 is 2.95 bits per heavy atom. The van der Waals surface area contributed by atoms with Gasteiger partial charge < -0.3 is 10.1 Å². The molecule has 0 saturated carbocycles. The van der Waals surface area contributed by atoms with E-state index in [1.165, 1.54) is 0 Å². The zero-order valence-corrected chi connectivity index (χ0v) is 11.8. The maximum Gasteiger partial charge on any atom is 0.305 e. The number of esters is 1. The van der Waals surface area contributed by atoms with Crippen molar-refractivity contribution in [2.75, 3.05) is 11.9 Å². The molecule has 0 saturated heterocycles. The molecular formula is C14H17ClN2O2. The third-order valence-corrected chi connectivity index (χ3v) is 2.93. The van der Waals surface area contributed by atoms with Crippen molar-refractivity contribution in [2.45, 2.75) is 32.7 Å². The first kappa shape index (κ1) is 15.3. The van der Waals surface area contributed by atoms with E-state index in [1.54, 1.807) is 25.1 Å². The van der Waals surface area contributed by atoms with Crippen molar-refractivity contribution in [1.82, 2.24) is 0 Å². The molecule has 0 heterocycles. The van der Waals surface area contributed by atoms with Crippen LogP contribution in [-0.2, 0) is 9.53 Å². The van der Waals surface area contributed by atoms with E-state index in [4.69, 9.17) is 21.6 Å². The number of rotatable bonds is 6. The van der Waals surface area contributed by atoms with Gasteiger partial charge in [0.2, 0.25) is 0 Å². The number of carbonyl (C=O) groups excluding carboxylic acids is 1. The summed E-state index contributed by atoms with van der Waals surface area (Å²) < 4.78 is 4.87.